The average molecular weight is 567 g/mol. The number of benzene rings is 1. The fourth-order valence-electron chi connectivity index (χ4n) is 5.01. The lowest BCUT2D eigenvalue weighted by Crippen LogP contribution is -2.46. The van der Waals surface area contributed by atoms with E-state index in [-0.39, 0.29) is 0 Å². The standard InChI is InChI=1S/C31H25F3N8/c1-39-20-26(19-37-39)24-15-28(30-25(16-35)18-38-42(30)21-24)23-6-9-29(36-17-23)41-13-11-40(12-14-41)10-2-3-22-4-7-27(8-5-22)31(32,33)34/h4-9,15,17-21H,10-14H2,1H3. The van der Waals surface area contributed by atoms with Crippen LogP contribution in [0.4, 0.5) is 19.0 Å². The molecule has 11 heteroatoms. The Morgan fingerprint density at radius 1 is 0.881 bits per heavy atom. The molecule has 0 atom stereocenters. The van der Waals surface area contributed by atoms with E-state index in [4.69, 9.17) is 4.98 Å². The number of halogens is 3. The van der Waals surface area contributed by atoms with Crippen molar-refractivity contribution in [2.24, 2.45) is 7.05 Å². The van der Waals surface area contributed by atoms with E-state index in [1.165, 1.54) is 12.1 Å². The number of hydrogen-bond donors (Lipinski definition) is 0. The van der Waals surface area contributed by atoms with Gasteiger partial charge in [0.25, 0.3) is 0 Å². The number of anilines is 1. The Morgan fingerprint density at radius 2 is 1.67 bits per heavy atom. The molecule has 0 radical (unpaired) electrons. The summed E-state index contributed by atoms with van der Waals surface area (Å²) in [6, 6.07) is 13.2. The molecule has 1 fully saturated rings. The first-order chi connectivity index (χ1) is 20.3. The van der Waals surface area contributed by atoms with Crippen LogP contribution in [-0.2, 0) is 13.2 Å². The molecular formula is C31H25F3N8. The summed E-state index contributed by atoms with van der Waals surface area (Å²) in [5.74, 6) is 6.89. The topological polar surface area (TPSA) is 78.3 Å². The van der Waals surface area contributed by atoms with Crippen molar-refractivity contribution in [2.75, 3.05) is 37.6 Å². The number of rotatable bonds is 4. The Kier molecular flexibility index (Phi) is 7.11. The summed E-state index contributed by atoms with van der Waals surface area (Å²) in [7, 11) is 1.86. The van der Waals surface area contributed by atoms with Crippen LogP contribution in [0.25, 0.3) is 27.8 Å². The van der Waals surface area contributed by atoms with Gasteiger partial charge in [-0.05, 0) is 42.5 Å². The van der Waals surface area contributed by atoms with E-state index in [0.29, 0.717) is 17.7 Å². The summed E-state index contributed by atoms with van der Waals surface area (Å²) >= 11 is 0. The quantitative estimate of drug-likeness (QED) is 0.289. The number of aromatic nitrogens is 5. The average Bonchev–Trinajstić information content (AvgIpc) is 3.63. The van der Waals surface area contributed by atoms with Crippen molar-refractivity contribution in [3.8, 4) is 40.2 Å². The van der Waals surface area contributed by atoms with Crippen LogP contribution >= 0.6 is 0 Å². The van der Waals surface area contributed by atoms with Crippen LogP contribution in [0.1, 0.15) is 16.7 Å². The van der Waals surface area contributed by atoms with Crippen LogP contribution in [0, 0.1) is 23.2 Å². The third kappa shape index (κ3) is 5.55. The van der Waals surface area contributed by atoms with Crippen molar-refractivity contribution in [3.63, 3.8) is 0 Å². The zero-order valence-electron chi connectivity index (χ0n) is 22.7. The molecule has 0 spiro atoms. The van der Waals surface area contributed by atoms with Crippen LogP contribution in [0.15, 0.2) is 73.4 Å². The third-order valence-corrected chi connectivity index (χ3v) is 7.27. The second kappa shape index (κ2) is 11.0. The minimum Gasteiger partial charge on any atom is -0.354 e. The van der Waals surface area contributed by atoms with E-state index >= 15 is 0 Å². The molecule has 1 aliphatic rings. The van der Waals surface area contributed by atoms with Gasteiger partial charge in [-0.2, -0.15) is 28.6 Å². The lowest BCUT2D eigenvalue weighted by Gasteiger charge is -2.34. The highest BCUT2D eigenvalue weighted by molar-refractivity contribution is 5.87. The van der Waals surface area contributed by atoms with Crippen molar-refractivity contribution in [1.82, 2.24) is 29.3 Å². The van der Waals surface area contributed by atoms with Gasteiger partial charge in [-0.3, -0.25) is 9.58 Å². The molecule has 210 valence electrons. The maximum Gasteiger partial charge on any atom is 0.416 e. The maximum atomic E-state index is 12.7. The van der Waals surface area contributed by atoms with Crippen molar-refractivity contribution < 1.29 is 13.2 Å². The third-order valence-electron chi connectivity index (χ3n) is 7.27. The van der Waals surface area contributed by atoms with E-state index in [1.54, 1.807) is 21.6 Å². The number of pyridine rings is 2. The SMILES string of the molecule is Cn1cc(-c2cc(-c3ccc(N4CCN(CC#Cc5ccc(C(F)(F)F)cc5)CC4)nc3)c3c(C#N)cnn3c2)cn1. The van der Waals surface area contributed by atoms with Gasteiger partial charge in [-0.1, -0.05) is 11.8 Å². The zero-order chi connectivity index (χ0) is 29.3. The Labute approximate surface area is 240 Å². The summed E-state index contributed by atoms with van der Waals surface area (Å²) in [5, 5.41) is 18.4. The van der Waals surface area contributed by atoms with Gasteiger partial charge in [-0.25, -0.2) is 9.50 Å². The molecule has 0 saturated carbocycles. The summed E-state index contributed by atoms with van der Waals surface area (Å²) < 4.78 is 41.7. The van der Waals surface area contributed by atoms with Crippen LogP contribution < -0.4 is 4.90 Å². The Balaban J connectivity index is 1.13. The number of hydrogen-bond acceptors (Lipinski definition) is 6. The summed E-state index contributed by atoms with van der Waals surface area (Å²) in [6.45, 7) is 3.67. The molecule has 1 aliphatic heterocycles. The maximum absolute atomic E-state index is 12.7. The molecule has 0 aliphatic carbocycles. The molecule has 1 aromatic carbocycles. The minimum absolute atomic E-state index is 0.490. The molecule has 0 N–H and O–H groups in total. The smallest absolute Gasteiger partial charge is 0.354 e. The molecular weight excluding hydrogens is 541 g/mol. The molecule has 0 amide bonds. The van der Waals surface area contributed by atoms with E-state index in [2.05, 4.69) is 37.9 Å². The molecule has 42 heavy (non-hydrogen) atoms. The highest BCUT2D eigenvalue weighted by Crippen LogP contribution is 2.32. The Hall–Kier alpha value is -5.13. The highest BCUT2D eigenvalue weighted by Gasteiger charge is 2.29. The van der Waals surface area contributed by atoms with Gasteiger partial charge in [0, 0.05) is 79.6 Å². The Morgan fingerprint density at radius 3 is 2.31 bits per heavy atom. The Bertz CT molecular complexity index is 1830. The van der Waals surface area contributed by atoms with E-state index in [1.807, 2.05) is 43.8 Å². The number of piperazine rings is 1. The van der Waals surface area contributed by atoms with Gasteiger partial charge in [0.05, 0.1) is 35.6 Å². The van der Waals surface area contributed by atoms with E-state index < -0.39 is 11.7 Å². The van der Waals surface area contributed by atoms with Gasteiger partial charge >= 0.3 is 6.18 Å². The first-order valence-corrected chi connectivity index (χ1v) is 13.3. The molecule has 5 heterocycles. The number of aryl methyl sites for hydroxylation is 1. The predicted molar refractivity (Wildman–Crippen MR) is 152 cm³/mol. The van der Waals surface area contributed by atoms with Crippen LogP contribution in [0.2, 0.25) is 0 Å². The van der Waals surface area contributed by atoms with E-state index in [9.17, 15) is 18.4 Å². The number of nitrogens with zero attached hydrogens (tertiary/aromatic N) is 8. The molecule has 5 aromatic rings. The first kappa shape index (κ1) is 27.1. The number of nitriles is 1. The summed E-state index contributed by atoms with van der Waals surface area (Å²) in [4.78, 5) is 9.18. The van der Waals surface area contributed by atoms with Gasteiger partial charge < -0.3 is 4.90 Å². The van der Waals surface area contributed by atoms with Crippen molar-refractivity contribution in [3.05, 3.63) is 90.1 Å². The lowest BCUT2D eigenvalue weighted by molar-refractivity contribution is -0.137. The fourth-order valence-corrected chi connectivity index (χ4v) is 5.01. The van der Waals surface area contributed by atoms with Crippen molar-refractivity contribution in [2.45, 2.75) is 6.18 Å². The lowest BCUT2D eigenvalue weighted by atomic mass is 10.0. The van der Waals surface area contributed by atoms with Crippen LogP contribution in [0.3, 0.4) is 0 Å². The second-order valence-electron chi connectivity index (χ2n) is 10.1. The number of alkyl halides is 3. The summed E-state index contributed by atoms with van der Waals surface area (Å²) in [6.07, 6.45) is 4.67. The van der Waals surface area contributed by atoms with Crippen LogP contribution in [0.5, 0.6) is 0 Å². The van der Waals surface area contributed by atoms with Crippen LogP contribution in [-0.4, -0.2) is 62.0 Å². The molecule has 0 unspecified atom stereocenters. The highest BCUT2D eigenvalue weighted by atomic mass is 19.4. The van der Waals surface area contributed by atoms with Crippen molar-refractivity contribution >= 4 is 11.3 Å². The summed E-state index contributed by atoms with van der Waals surface area (Å²) in [5.41, 5.74) is 4.72. The van der Waals surface area contributed by atoms with Gasteiger partial charge in [0.15, 0.2) is 0 Å². The molecule has 8 nitrogen and oxygen atoms in total. The van der Waals surface area contributed by atoms with Gasteiger partial charge in [0.2, 0.25) is 0 Å². The van der Waals surface area contributed by atoms with Gasteiger partial charge in [0.1, 0.15) is 11.9 Å². The predicted octanol–water partition coefficient (Wildman–Crippen LogP) is 4.86. The fraction of sp³-hybridized carbons (Fsp3) is 0.226. The number of fused-ring (bicyclic) bond motifs is 1. The first-order valence-electron chi connectivity index (χ1n) is 13.3. The molecule has 1 saturated heterocycles. The van der Waals surface area contributed by atoms with E-state index in [0.717, 1.165) is 71.9 Å². The molecule has 4 aromatic heterocycles. The molecule has 6 rings (SSSR count). The second-order valence-corrected chi connectivity index (χ2v) is 10.1. The largest absolute Gasteiger partial charge is 0.416 e. The molecule has 0 bridgehead atoms. The normalized spacial score (nSPS) is 14.0. The van der Waals surface area contributed by atoms with Crippen molar-refractivity contribution in [1.29, 1.82) is 5.26 Å². The monoisotopic (exact) mass is 566 g/mol. The zero-order valence-corrected chi connectivity index (χ0v) is 22.7. The van der Waals surface area contributed by atoms with Gasteiger partial charge in [-0.15, -0.1) is 0 Å². The minimum atomic E-state index is -4.35.